The van der Waals surface area contributed by atoms with Crippen molar-refractivity contribution in [3.05, 3.63) is 35.9 Å². The number of carbonyl (C=O) groups is 2. The Morgan fingerprint density at radius 2 is 1.70 bits per heavy atom. The highest BCUT2D eigenvalue weighted by Gasteiger charge is 2.56. The summed E-state index contributed by atoms with van der Waals surface area (Å²) in [4.78, 5) is 24.9. The maximum absolute atomic E-state index is 12.5. The Balaban J connectivity index is 1.46. The van der Waals surface area contributed by atoms with E-state index in [0.717, 1.165) is 19.3 Å². The van der Waals surface area contributed by atoms with Crippen molar-refractivity contribution < 1.29 is 9.59 Å². The van der Waals surface area contributed by atoms with Gasteiger partial charge < -0.3 is 10.6 Å². The van der Waals surface area contributed by atoms with E-state index in [0.29, 0.717) is 19.4 Å². The van der Waals surface area contributed by atoms with Gasteiger partial charge in [-0.05, 0) is 37.7 Å². The summed E-state index contributed by atoms with van der Waals surface area (Å²) in [6.07, 6.45) is 7.90. The van der Waals surface area contributed by atoms with Crippen LogP contribution in [-0.4, -0.2) is 24.4 Å². The zero-order valence-corrected chi connectivity index (χ0v) is 13.6. The van der Waals surface area contributed by atoms with Gasteiger partial charge in [0.1, 0.15) is 5.41 Å². The Kier molecular flexibility index (Phi) is 4.99. The molecule has 0 aromatic heterocycles. The van der Waals surface area contributed by atoms with E-state index in [4.69, 9.17) is 0 Å². The Morgan fingerprint density at radius 3 is 2.35 bits per heavy atom. The highest BCUT2D eigenvalue weighted by Crippen LogP contribution is 2.46. The summed E-state index contributed by atoms with van der Waals surface area (Å²) in [5, 5.41) is 6.06. The number of benzene rings is 1. The monoisotopic (exact) mass is 314 g/mol. The van der Waals surface area contributed by atoms with Crippen LogP contribution in [0.1, 0.15) is 50.5 Å². The summed E-state index contributed by atoms with van der Waals surface area (Å²) in [5.41, 5.74) is 0.415. The molecule has 0 aliphatic heterocycles. The third kappa shape index (κ3) is 3.92. The fraction of sp³-hybridized carbons (Fsp3) is 0.579. The van der Waals surface area contributed by atoms with Crippen molar-refractivity contribution in [3.63, 3.8) is 0 Å². The summed E-state index contributed by atoms with van der Waals surface area (Å²) in [5.74, 6) is -0.150. The van der Waals surface area contributed by atoms with Crippen LogP contribution in [0.5, 0.6) is 0 Å². The Bertz CT molecular complexity index is 546. The first-order chi connectivity index (χ1) is 11.2. The molecule has 1 aromatic rings. The van der Waals surface area contributed by atoms with E-state index in [9.17, 15) is 9.59 Å². The summed E-state index contributed by atoms with van der Waals surface area (Å²) in [6, 6.07) is 10.3. The van der Waals surface area contributed by atoms with Crippen LogP contribution in [0.3, 0.4) is 0 Å². The molecule has 4 nitrogen and oxygen atoms in total. The quantitative estimate of drug-likeness (QED) is 0.793. The molecular formula is C19H26N2O2. The molecule has 2 fully saturated rings. The minimum absolute atomic E-state index is 0.0541. The summed E-state index contributed by atoms with van der Waals surface area (Å²) < 4.78 is 0. The van der Waals surface area contributed by atoms with Gasteiger partial charge in [0.2, 0.25) is 11.8 Å². The van der Waals surface area contributed by atoms with Gasteiger partial charge in [0, 0.05) is 12.6 Å². The second kappa shape index (κ2) is 7.16. The lowest BCUT2D eigenvalue weighted by Crippen LogP contribution is -2.47. The van der Waals surface area contributed by atoms with Crippen molar-refractivity contribution in [2.75, 3.05) is 6.54 Å². The van der Waals surface area contributed by atoms with Gasteiger partial charge in [-0.15, -0.1) is 0 Å². The average molecular weight is 314 g/mol. The molecule has 0 radical (unpaired) electrons. The molecule has 0 bridgehead atoms. The van der Waals surface area contributed by atoms with Gasteiger partial charge in [-0.25, -0.2) is 0 Å². The standard InChI is InChI=1S/C19H26N2O2/c22-17(20-14-11-15-7-3-1-4-8-15)19(12-13-19)18(23)21-16-9-5-2-6-10-16/h1,3-4,7-8,16H,2,5-6,9-14H2,(H,20,22)(H,21,23). The number of nitrogens with one attached hydrogen (secondary N) is 2. The van der Waals surface area contributed by atoms with Crippen molar-refractivity contribution in [1.82, 2.24) is 10.6 Å². The highest BCUT2D eigenvalue weighted by molar-refractivity contribution is 6.07. The van der Waals surface area contributed by atoms with Crippen molar-refractivity contribution in [2.45, 2.75) is 57.4 Å². The zero-order chi connectivity index (χ0) is 16.1. The minimum atomic E-state index is -0.784. The Morgan fingerprint density at radius 1 is 1.00 bits per heavy atom. The van der Waals surface area contributed by atoms with Crippen LogP contribution in [0.2, 0.25) is 0 Å². The molecule has 2 saturated carbocycles. The first-order valence-corrected chi connectivity index (χ1v) is 8.84. The SMILES string of the molecule is O=C(NCCc1ccccc1)C1(C(=O)NC2CCCCC2)CC1. The molecule has 0 spiro atoms. The molecule has 3 rings (SSSR count). The van der Waals surface area contributed by atoms with Crippen LogP contribution < -0.4 is 10.6 Å². The molecule has 2 aliphatic carbocycles. The van der Waals surface area contributed by atoms with Crippen LogP contribution >= 0.6 is 0 Å². The van der Waals surface area contributed by atoms with Crippen molar-refractivity contribution in [1.29, 1.82) is 0 Å². The molecule has 2 aliphatic rings. The molecular weight excluding hydrogens is 288 g/mol. The molecule has 0 saturated heterocycles. The van der Waals surface area contributed by atoms with Crippen LogP contribution in [0.4, 0.5) is 0 Å². The molecule has 1 aromatic carbocycles. The summed E-state index contributed by atoms with van der Waals surface area (Å²) in [7, 11) is 0. The van der Waals surface area contributed by atoms with Gasteiger partial charge in [0.05, 0.1) is 0 Å². The topological polar surface area (TPSA) is 58.2 Å². The molecule has 4 heteroatoms. The molecule has 0 atom stereocenters. The van der Waals surface area contributed by atoms with Crippen LogP contribution in [-0.2, 0) is 16.0 Å². The highest BCUT2D eigenvalue weighted by atomic mass is 16.2. The number of hydrogen-bond acceptors (Lipinski definition) is 2. The predicted octanol–water partition coefficient (Wildman–Crippen LogP) is 2.57. The number of rotatable bonds is 6. The first-order valence-electron chi connectivity index (χ1n) is 8.84. The Hall–Kier alpha value is -1.84. The van der Waals surface area contributed by atoms with E-state index in [2.05, 4.69) is 22.8 Å². The van der Waals surface area contributed by atoms with Gasteiger partial charge in [-0.3, -0.25) is 9.59 Å². The maximum atomic E-state index is 12.5. The van der Waals surface area contributed by atoms with Crippen LogP contribution in [0.15, 0.2) is 30.3 Å². The second-order valence-electron chi connectivity index (χ2n) is 6.88. The van der Waals surface area contributed by atoms with E-state index in [1.54, 1.807) is 0 Å². The fourth-order valence-electron chi connectivity index (χ4n) is 3.39. The predicted molar refractivity (Wildman–Crippen MR) is 89.8 cm³/mol. The van der Waals surface area contributed by atoms with Crippen molar-refractivity contribution >= 4 is 11.8 Å². The van der Waals surface area contributed by atoms with E-state index < -0.39 is 5.41 Å². The molecule has 2 N–H and O–H groups in total. The third-order valence-electron chi connectivity index (χ3n) is 5.10. The summed E-state index contributed by atoms with van der Waals surface area (Å²) in [6.45, 7) is 0.585. The van der Waals surface area contributed by atoms with Gasteiger partial charge in [-0.1, -0.05) is 49.6 Å². The van der Waals surface area contributed by atoms with Gasteiger partial charge >= 0.3 is 0 Å². The number of amides is 2. The smallest absolute Gasteiger partial charge is 0.235 e. The lowest BCUT2D eigenvalue weighted by atomic mass is 9.94. The molecule has 0 heterocycles. The van der Waals surface area contributed by atoms with Gasteiger partial charge in [-0.2, -0.15) is 0 Å². The van der Waals surface area contributed by atoms with Crippen molar-refractivity contribution in [3.8, 4) is 0 Å². The average Bonchev–Trinajstić information content (AvgIpc) is 3.39. The van der Waals surface area contributed by atoms with Crippen molar-refractivity contribution in [2.24, 2.45) is 5.41 Å². The first kappa shape index (κ1) is 16.0. The Labute approximate surface area is 138 Å². The minimum Gasteiger partial charge on any atom is -0.355 e. The molecule has 23 heavy (non-hydrogen) atoms. The fourth-order valence-corrected chi connectivity index (χ4v) is 3.39. The van der Waals surface area contributed by atoms with Gasteiger partial charge in [0.15, 0.2) is 0 Å². The van der Waals surface area contributed by atoms with E-state index in [1.165, 1.54) is 24.8 Å². The van der Waals surface area contributed by atoms with Gasteiger partial charge in [0.25, 0.3) is 0 Å². The third-order valence-corrected chi connectivity index (χ3v) is 5.10. The zero-order valence-electron chi connectivity index (χ0n) is 13.6. The number of hydrogen-bond donors (Lipinski definition) is 2. The lowest BCUT2D eigenvalue weighted by molar-refractivity contribution is -0.137. The number of carbonyl (C=O) groups excluding carboxylic acids is 2. The summed E-state index contributed by atoms with van der Waals surface area (Å²) >= 11 is 0. The maximum Gasteiger partial charge on any atom is 0.235 e. The normalized spacial score (nSPS) is 19.8. The van der Waals surface area contributed by atoms with E-state index >= 15 is 0 Å². The second-order valence-corrected chi connectivity index (χ2v) is 6.88. The molecule has 124 valence electrons. The lowest BCUT2D eigenvalue weighted by Gasteiger charge is -2.25. The molecule has 2 amide bonds. The molecule has 0 unspecified atom stereocenters. The van der Waals surface area contributed by atoms with E-state index in [1.807, 2.05) is 18.2 Å². The van der Waals surface area contributed by atoms with Crippen LogP contribution in [0.25, 0.3) is 0 Å². The largest absolute Gasteiger partial charge is 0.355 e. The van der Waals surface area contributed by atoms with E-state index in [-0.39, 0.29) is 17.9 Å². The van der Waals surface area contributed by atoms with Crippen LogP contribution in [0, 0.1) is 5.41 Å².